The Morgan fingerprint density at radius 2 is 1.67 bits per heavy atom. The van der Waals surface area contributed by atoms with Crippen molar-refractivity contribution in [3.63, 3.8) is 0 Å². The number of hydrogen-bond acceptors (Lipinski definition) is 7. The molecule has 0 unspecified atom stereocenters. The molecule has 0 saturated heterocycles. The lowest BCUT2D eigenvalue weighted by Gasteiger charge is -2.18. The number of aryl methyl sites for hydroxylation is 1. The number of nitrogens with zero attached hydrogens (tertiary/aromatic N) is 3. The van der Waals surface area contributed by atoms with Crippen LogP contribution in [0.15, 0.2) is 118 Å². The number of hydrogen-bond donors (Lipinski definition) is 2. The van der Waals surface area contributed by atoms with Gasteiger partial charge in [-0.2, -0.15) is 16.8 Å². The lowest BCUT2D eigenvalue weighted by atomic mass is 10.1. The molecule has 3 heterocycles. The van der Waals surface area contributed by atoms with E-state index in [4.69, 9.17) is 9.15 Å². The molecule has 0 fully saturated rings. The number of fused-ring (bicyclic) bond motifs is 6. The minimum absolute atomic E-state index is 0.0104. The summed E-state index contributed by atoms with van der Waals surface area (Å²) in [6.45, 7) is 5.29. The molecule has 2 N–H and O–H groups in total. The summed E-state index contributed by atoms with van der Waals surface area (Å²) in [5.41, 5.74) is 8.22. The largest absolute Gasteiger partial charge is 0.438 e. The van der Waals surface area contributed by atoms with Crippen LogP contribution in [0.25, 0.3) is 49.8 Å². The fourth-order valence-corrected chi connectivity index (χ4v) is 7.29. The molecule has 11 nitrogen and oxygen atoms in total. The van der Waals surface area contributed by atoms with Crippen molar-refractivity contribution in [2.75, 3.05) is 4.90 Å². The van der Waals surface area contributed by atoms with E-state index < -0.39 is 31.1 Å². The first kappa shape index (κ1) is 31.2. The molecule has 0 bridgehead atoms. The zero-order valence-electron chi connectivity index (χ0n) is 25.7. The molecule has 1 aliphatic rings. The average molecular weight is 683 g/mol. The number of oxazole rings is 1. The van der Waals surface area contributed by atoms with Gasteiger partial charge < -0.3 is 13.7 Å². The predicted octanol–water partition coefficient (Wildman–Crippen LogP) is 6.57. The SMILES string of the molecule is C=C=C=C(N1C(=CC(=Cc2oc3cc4ccccc4cc3[n+]2CS(=O)(=O)O)CC)Oc2cc3c(cc21)c1ccccc1n3C)S(=O)(=O)O. The fourth-order valence-electron chi connectivity index (χ4n) is 6.08. The molecule has 6 aromatic rings. The van der Waals surface area contributed by atoms with Crippen LogP contribution in [-0.2, 0) is 33.2 Å². The Labute approximate surface area is 275 Å². The third kappa shape index (κ3) is 5.40. The van der Waals surface area contributed by atoms with E-state index in [0.29, 0.717) is 34.5 Å². The van der Waals surface area contributed by atoms with Crippen LogP contribution in [0.2, 0.25) is 0 Å². The van der Waals surface area contributed by atoms with Crippen LogP contribution in [0, 0.1) is 0 Å². The molecule has 4 aromatic carbocycles. The first-order valence-electron chi connectivity index (χ1n) is 14.7. The predicted molar refractivity (Wildman–Crippen MR) is 183 cm³/mol. The van der Waals surface area contributed by atoms with Crippen molar-refractivity contribution in [3.8, 4) is 5.75 Å². The molecular formula is C35H28N3O8S2+. The lowest BCUT2D eigenvalue weighted by Crippen LogP contribution is -2.39. The van der Waals surface area contributed by atoms with Gasteiger partial charge in [0.25, 0.3) is 11.4 Å². The molecule has 0 saturated carbocycles. The van der Waals surface area contributed by atoms with Crippen molar-refractivity contribution >= 4 is 75.7 Å². The number of para-hydroxylation sites is 1. The van der Waals surface area contributed by atoms with Gasteiger partial charge >= 0.3 is 26.1 Å². The van der Waals surface area contributed by atoms with Crippen molar-refractivity contribution < 1.29 is 39.7 Å². The minimum Gasteiger partial charge on any atom is -0.438 e. The topological polar surface area (TPSA) is 143 Å². The third-order valence-corrected chi connectivity index (χ3v) is 9.59. The van der Waals surface area contributed by atoms with Crippen molar-refractivity contribution in [2.24, 2.45) is 7.05 Å². The normalized spacial score (nSPS) is 14.5. The highest BCUT2D eigenvalue weighted by atomic mass is 32.2. The molecule has 0 atom stereocenters. The van der Waals surface area contributed by atoms with Crippen LogP contribution in [0.1, 0.15) is 19.2 Å². The number of aromatic nitrogens is 2. The number of benzene rings is 4. The number of allylic oxidation sites excluding steroid dienone is 2. The summed E-state index contributed by atoms with van der Waals surface area (Å²) in [6.07, 6.45) is 3.49. The first-order chi connectivity index (χ1) is 22.9. The van der Waals surface area contributed by atoms with E-state index in [1.165, 1.54) is 9.47 Å². The summed E-state index contributed by atoms with van der Waals surface area (Å²) in [5.74, 6) is -0.329. The second kappa shape index (κ2) is 11.4. The summed E-state index contributed by atoms with van der Waals surface area (Å²) in [5, 5.41) is 2.82. The Balaban J connectivity index is 1.44. The monoisotopic (exact) mass is 682 g/mol. The van der Waals surface area contributed by atoms with E-state index in [2.05, 4.69) is 18.0 Å². The van der Waals surface area contributed by atoms with Crippen LogP contribution in [0.3, 0.4) is 0 Å². The molecule has 48 heavy (non-hydrogen) atoms. The van der Waals surface area contributed by atoms with Crippen LogP contribution < -0.4 is 14.2 Å². The average Bonchev–Trinajstić information content (AvgIpc) is 3.64. The Kier molecular flexibility index (Phi) is 7.41. The van der Waals surface area contributed by atoms with Gasteiger partial charge in [0.15, 0.2) is 5.75 Å². The maximum atomic E-state index is 12.7. The summed E-state index contributed by atoms with van der Waals surface area (Å²) in [7, 11) is -7.44. The molecule has 0 aliphatic carbocycles. The Morgan fingerprint density at radius 1 is 0.958 bits per heavy atom. The number of ether oxygens (including phenoxy) is 1. The minimum atomic E-state index is -4.88. The Morgan fingerprint density at radius 3 is 2.35 bits per heavy atom. The van der Waals surface area contributed by atoms with E-state index >= 15 is 0 Å². The van der Waals surface area contributed by atoms with E-state index in [9.17, 15) is 25.9 Å². The van der Waals surface area contributed by atoms with Gasteiger partial charge in [-0.3, -0.25) is 14.0 Å². The molecule has 7 rings (SSSR count). The molecule has 1 aliphatic heterocycles. The zero-order chi connectivity index (χ0) is 34.0. The van der Waals surface area contributed by atoms with Crippen molar-refractivity contribution in [1.29, 1.82) is 0 Å². The van der Waals surface area contributed by atoms with Crippen LogP contribution >= 0.6 is 0 Å². The van der Waals surface area contributed by atoms with Crippen LogP contribution in [0.4, 0.5) is 5.69 Å². The van der Waals surface area contributed by atoms with Gasteiger partial charge in [0, 0.05) is 41.5 Å². The van der Waals surface area contributed by atoms with Crippen molar-refractivity contribution in [3.05, 3.63) is 119 Å². The molecule has 242 valence electrons. The van der Waals surface area contributed by atoms with E-state index in [0.717, 1.165) is 32.6 Å². The fraction of sp³-hybridized carbons (Fsp3) is 0.114. The van der Waals surface area contributed by atoms with Gasteiger partial charge in [0.2, 0.25) is 16.5 Å². The van der Waals surface area contributed by atoms with Crippen LogP contribution in [-0.4, -0.2) is 30.5 Å². The molecule has 2 aromatic heterocycles. The van der Waals surface area contributed by atoms with Gasteiger partial charge in [0.05, 0.1) is 17.3 Å². The maximum absolute atomic E-state index is 12.7. The zero-order valence-corrected chi connectivity index (χ0v) is 27.3. The molecular weight excluding hydrogens is 655 g/mol. The van der Waals surface area contributed by atoms with Gasteiger partial charge in [-0.05, 0) is 53.3 Å². The van der Waals surface area contributed by atoms with E-state index in [1.807, 2.05) is 67.1 Å². The number of anilines is 1. The highest BCUT2D eigenvalue weighted by Gasteiger charge is 2.36. The highest BCUT2D eigenvalue weighted by Crippen LogP contribution is 2.46. The molecule has 0 spiro atoms. The Bertz CT molecular complexity index is 2720. The van der Waals surface area contributed by atoms with Gasteiger partial charge in [-0.25, -0.2) is 0 Å². The van der Waals surface area contributed by atoms with Crippen molar-refractivity contribution in [2.45, 2.75) is 19.2 Å². The molecule has 0 amide bonds. The van der Waals surface area contributed by atoms with Crippen LogP contribution in [0.5, 0.6) is 5.75 Å². The van der Waals surface area contributed by atoms with Crippen molar-refractivity contribution in [1.82, 2.24) is 4.57 Å². The van der Waals surface area contributed by atoms with Gasteiger partial charge in [-0.15, -0.1) is 4.57 Å². The summed E-state index contributed by atoms with van der Waals surface area (Å²) in [6, 6.07) is 22.4. The quantitative estimate of drug-likeness (QED) is 0.109. The lowest BCUT2D eigenvalue weighted by molar-refractivity contribution is -0.658. The smallest absolute Gasteiger partial charge is 0.375 e. The van der Waals surface area contributed by atoms with Gasteiger partial charge in [0.1, 0.15) is 0 Å². The summed E-state index contributed by atoms with van der Waals surface area (Å²) < 4.78 is 85.5. The highest BCUT2D eigenvalue weighted by molar-refractivity contribution is 7.90. The van der Waals surface area contributed by atoms with E-state index in [1.54, 1.807) is 36.4 Å². The Hall–Kier alpha value is -5.39. The molecule has 13 heteroatoms. The molecule has 0 radical (unpaired) electrons. The van der Waals surface area contributed by atoms with E-state index in [-0.39, 0.29) is 11.8 Å². The standard InChI is InChI=1S/C35H27N3O8S2/c1-4-10-35(48(42,43)44)38-30-19-26-25-13-8-9-14-27(25)36(3)28(26)20-32(30)46-34(38)16-22(5-2)15-33-37(21-47(39,40)41)29-17-23-11-6-7-12-24(23)18-31(29)45-33/h6-9,11-20H,1,5,21H2,2-3H3,(H-,39,40,41,42,43,44)/p+1. The van der Waals surface area contributed by atoms with Gasteiger partial charge in [-0.1, -0.05) is 55.1 Å². The number of rotatable bonds is 7. The maximum Gasteiger partial charge on any atom is 0.375 e. The first-order valence-corrected chi connectivity index (χ1v) is 17.8. The second-order valence-electron chi connectivity index (χ2n) is 11.2. The second-order valence-corrected chi connectivity index (χ2v) is 14.0. The summed E-state index contributed by atoms with van der Waals surface area (Å²) >= 11 is 0. The third-order valence-electron chi connectivity index (χ3n) is 8.23. The summed E-state index contributed by atoms with van der Waals surface area (Å²) in [4.78, 5) is 1.21.